The molecule has 0 bridgehead atoms. The highest BCUT2D eigenvalue weighted by Crippen LogP contribution is 2.21. The Balaban J connectivity index is 2.33. The Morgan fingerprint density at radius 2 is 2.25 bits per heavy atom. The van der Waals surface area contributed by atoms with E-state index in [-0.39, 0.29) is 5.37 Å². The monoisotopic (exact) mass is 178 g/mol. The number of thioether (sulfide) groups is 1. The summed E-state index contributed by atoms with van der Waals surface area (Å²) < 4.78 is 0. The number of hydrogen-bond donors (Lipinski definition) is 1. The lowest BCUT2D eigenvalue weighted by Gasteiger charge is -2.17. The smallest absolute Gasteiger partial charge is 0.0758 e. The predicted octanol–water partition coefficient (Wildman–Crippen LogP) is 1.76. The van der Waals surface area contributed by atoms with Crippen molar-refractivity contribution in [1.29, 1.82) is 0 Å². The van der Waals surface area contributed by atoms with E-state index >= 15 is 0 Å². The topological polar surface area (TPSA) is 29.3 Å². The first-order valence-electron chi connectivity index (χ1n) is 3.79. The van der Waals surface area contributed by atoms with Crippen LogP contribution in [0.1, 0.15) is 0 Å². The third kappa shape index (κ3) is 1.47. The number of allylic oxidation sites excluding steroid dienone is 3. The lowest BCUT2D eigenvalue weighted by Crippen LogP contribution is -2.14. The highest BCUT2D eigenvalue weighted by Gasteiger charge is 2.08. The molecular weight excluding hydrogens is 168 g/mol. The second-order valence-corrected chi connectivity index (χ2v) is 3.67. The predicted molar refractivity (Wildman–Crippen MR) is 52.9 cm³/mol. The van der Waals surface area contributed by atoms with Crippen LogP contribution in [0.2, 0.25) is 0 Å². The van der Waals surface area contributed by atoms with Gasteiger partial charge in [-0.25, -0.2) is 0 Å². The van der Waals surface area contributed by atoms with Crippen LogP contribution in [0.25, 0.3) is 0 Å². The van der Waals surface area contributed by atoms with Crippen molar-refractivity contribution in [1.82, 2.24) is 4.90 Å². The number of hydrogen-bond acceptors (Lipinski definition) is 3. The highest BCUT2D eigenvalue weighted by atomic mass is 32.2. The van der Waals surface area contributed by atoms with E-state index in [2.05, 4.69) is 11.0 Å². The molecule has 0 amide bonds. The number of fused-ring (bicyclic) bond motifs is 1. The molecule has 62 valence electrons. The summed E-state index contributed by atoms with van der Waals surface area (Å²) in [5, 5.41) is 2.08. The maximum atomic E-state index is 5.79. The molecule has 0 aliphatic carbocycles. The van der Waals surface area contributed by atoms with Gasteiger partial charge in [-0.1, -0.05) is 6.08 Å². The van der Waals surface area contributed by atoms with Crippen molar-refractivity contribution in [3.05, 3.63) is 47.8 Å². The minimum Gasteiger partial charge on any atom is -0.324 e. The molecule has 2 rings (SSSR count). The maximum Gasteiger partial charge on any atom is 0.0758 e. The Kier molecular flexibility index (Phi) is 2.06. The zero-order valence-electron chi connectivity index (χ0n) is 6.55. The molecule has 0 aromatic carbocycles. The van der Waals surface area contributed by atoms with E-state index in [0.717, 1.165) is 5.70 Å². The van der Waals surface area contributed by atoms with Gasteiger partial charge in [0.15, 0.2) is 0 Å². The van der Waals surface area contributed by atoms with E-state index in [9.17, 15) is 0 Å². The fourth-order valence-electron chi connectivity index (χ4n) is 1.15. The first-order chi connectivity index (χ1) is 5.86. The maximum absolute atomic E-state index is 5.79. The molecule has 0 fully saturated rings. The first kappa shape index (κ1) is 7.71. The molecule has 0 saturated heterocycles. The van der Waals surface area contributed by atoms with E-state index in [0.29, 0.717) is 0 Å². The van der Waals surface area contributed by atoms with Crippen molar-refractivity contribution in [2.24, 2.45) is 5.73 Å². The second-order valence-electron chi connectivity index (χ2n) is 2.59. The van der Waals surface area contributed by atoms with Gasteiger partial charge in [0.1, 0.15) is 0 Å². The van der Waals surface area contributed by atoms with Gasteiger partial charge in [-0.3, -0.25) is 0 Å². The van der Waals surface area contributed by atoms with Crippen LogP contribution in [0.15, 0.2) is 47.8 Å². The Bertz CT molecular complexity index is 289. The molecule has 2 aliphatic rings. The Morgan fingerprint density at radius 1 is 1.33 bits per heavy atom. The third-order valence-corrected chi connectivity index (χ3v) is 2.44. The number of nitrogens with zero attached hydrogens (tertiary/aromatic N) is 1. The van der Waals surface area contributed by atoms with Crippen molar-refractivity contribution in [2.75, 3.05) is 0 Å². The van der Waals surface area contributed by atoms with E-state index in [1.807, 2.05) is 36.0 Å². The SMILES string of the molecule is NC1C=C2C=CC=CN2C=CS1. The van der Waals surface area contributed by atoms with Crippen molar-refractivity contribution < 1.29 is 0 Å². The molecule has 3 heteroatoms. The average Bonchev–Trinajstić information content (AvgIpc) is 2.25. The largest absolute Gasteiger partial charge is 0.324 e. The summed E-state index contributed by atoms with van der Waals surface area (Å²) >= 11 is 1.62. The molecule has 0 aromatic heterocycles. The molecule has 0 aromatic rings. The quantitative estimate of drug-likeness (QED) is 0.613. The molecule has 0 saturated carbocycles. The van der Waals surface area contributed by atoms with Crippen LogP contribution in [-0.4, -0.2) is 10.3 Å². The van der Waals surface area contributed by atoms with Gasteiger partial charge in [-0.15, -0.1) is 11.8 Å². The summed E-state index contributed by atoms with van der Waals surface area (Å²) in [5.41, 5.74) is 6.94. The summed E-state index contributed by atoms with van der Waals surface area (Å²) in [6, 6.07) is 0. The third-order valence-electron chi connectivity index (χ3n) is 1.72. The van der Waals surface area contributed by atoms with E-state index in [1.165, 1.54) is 0 Å². The standard InChI is InChI=1S/C9H10N2S/c10-9-7-8-3-1-2-4-11(8)5-6-12-9/h1-7,9H,10H2. The number of nitrogens with two attached hydrogens (primary N) is 1. The minimum atomic E-state index is 0.0670. The van der Waals surface area contributed by atoms with Crippen LogP contribution < -0.4 is 5.73 Å². The van der Waals surface area contributed by atoms with Gasteiger partial charge in [0.25, 0.3) is 0 Å². The van der Waals surface area contributed by atoms with Gasteiger partial charge in [0.2, 0.25) is 0 Å². The molecule has 1 unspecified atom stereocenters. The Hall–Kier alpha value is -0.930. The fourth-order valence-corrected chi connectivity index (χ4v) is 1.75. The first-order valence-corrected chi connectivity index (χ1v) is 4.73. The van der Waals surface area contributed by atoms with Crippen LogP contribution in [-0.2, 0) is 0 Å². The molecular formula is C9H10N2S. The number of rotatable bonds is 0. The van der Waals surface area contributed by atoms with Crippen LogP contribution in [0, 0.1) is 0 Å². The molecule has 2 heterocycles. The van der Waals surface area contributed by atoms with Gasteiger partial charge < -0.3 is 10.6 Å². The zero-order chi connectivity index (χ0) is 8.39. The summed E-state index contributed by atoms with van der Waals surface area (Å²) in [5.74, 6) is 0. The lowest BCUT2D eigenvalue weighted by molar-refractivity contribution is 0.644. The van der Waals surface area contributed by atoms with Gasteiger partial charge in [0.05, 0.1) is 5.37 Å². The van der Waals surface area contributed by atoms with Crippen molar-refractivity contribution in [3.8, 4) is 0 Å². The minimum absolute atomic E-state index is 0.0670. The molecule has 1 atom stereocenters. The molecule has 12 heavy (non-hydrogen) atoms. The second kappa shape index (κ2) is 3.21. The zero-order valence-corrected chi connectivity index (χ0v) is 7.37. The summed E-state index contributed by atoms with van der Waals surface area (Å²) in [6.07, 6.45) is 12.1. The summed E-state index contributed by atoms with van der Waals surface area (Å²) in [4.78, 5) is 2.06. The summed E-state index contributed by atoms with van der Waals surface area (Å²) in [7, 11) is 0. The molecule has 0 radical (unpaired) electrons. The molecule has 0 spiro atoms. The van der Waals surface area contributed by atoms with Crippen molar-refractivity contribution in [2.45, 2.75) is 5.37 Å². The van der Waals surface area contributed by atoms with E-state index in [4.69, 9.17) is 5.73 Å². The molecule has 2 nitrogen and oxygen atoms in total. The van der Waals surface area contributed by atoms with Crippen LogP contribution in [0.3, 0.4) is 0 Å². The van der Waals surface area contributed by atoms with Crippen LogP contribution in [0.4, 0.5) is 0 Å². The molecule has 2 N–H and O–H groups in total. The summed E-state index contributed by atoms with van der Waals surface area (Å²) in [6.45, 7) is 0. The van der Waals surface area contributed by atoms with Gasteiger partial charge in [-0.2, -0.15) is 0 Å². The average molecular weight is 178 g/mol. The Labute approximate surface area is 76.1 Å². The molecule has 2 aliphatic heterocycles. The van der Waals surface area contributed by atoms with Crippen LogP contribution >= 0.6 is 11.8 Å². The van der Waals surface area contributed by atoms with Gasteiger partial charge in [-0.05, 0) is 23.6 Å². The normalized spacial score (nSPS) is 26.6. The van der Waals surface area contributed by atoms with Crippen molar-refractivity contribution >= 4 is 11.8 Å². The van der Waals surface area contributed by atoms with E-state index < -0.39 is 0 Å². The van der Waals surface area contributed by atoms with Crippen LogP contribution in [0.5, 0.6) is 0 Å². The van der Waals surface area contributed by atoms with Gasteiger partial charge in [0, 0.05) is 18.1 Å². The fraction of sp³-hybridized carbons (Fsp3) is 0.111. The lowest BCUT2D eigenvalue weighted by atomic mass is 10.2. The highest BCUT2D eigenvalue weighted by molar-refractivity contribution is 8.02. The van der Waals surface area contributed by atoms with Gasteiger partial charge >= 0.3 is 0 Å². The van der Waals surface area contributed by atoms with Crippen molar-refractivity contribution in [3.63, 3.8) is 0 Å². The van der Waals surface area contributed by atoms with E-state index in [1.54, 1.807) is 11.8 Å². The Morgan fingerprint density at radius 3 is 3.17 bits per heavy atom.